The number of hydrogen-bond donors (Lipinski definition) is 2. The van der Waals surface area contributed by atoms with Crippen LogP contribution in [0.5, 0.6) is 0 Å². The van der Waals surface area contributed by atoms with E-state index in [1.54, 1.807) is 0 Å². The van der Waals surface area contributed by atoms with E-state index < -0.39 is 11.2 Å². The fraction of sp³-hybridized carbons (Fsp3) is 0.0833. The molecule has 3 aromatic rings. The van der Waals surface area contributed by atoms with Gasteiger partial charge in [0.1, 0.15) is 5.39 Å². The van der Waals surface area contributed by atoms with E-state index >= 15 is 0 Å². The highest BCUT2D eigenvalue weighted by atomic mass is 16.2. The van der Waals surface area contributed by atoms with Gasteiger partial charge >= 0.3 is 5.69 Å². The molecule has 0 amide bonds. The van der Waals surface area contributed by atoms with Gasteiger partial charge in [0.05, 0.1) is 11.9 Å². The molecule has 3 rings (SSSR count). The molecule has 90 valence electrons. The molecule has 0 radical (unpaired) electrons. The normalized spacial score (nSPS) is 10.9. The number of aryl methyl sites for hydroxylation is 1. The smallest absolute Gasteiger partial charge is 0.291 e. The molecule has 0 atom stereocenters. The monoisotopic (exact) mass is 242 g/mol. The molecule has 2 aromatic heterocycles. The van der Waals surface area contributed by atoms with Gasteiger partial charge in [0.2, 0.25) is 0 Å². The first-order chi connectivity index (χ1) is 8.65. The van der Waals surface area contributed by atoms with E-state index in [1.807, 2.05) is 31.2 Å². The number of hydrogen-bond acceptors (Lipinski definition) is 3. The summed E-state index contributed by atoms with van der Waals surface area (Å²) in [5, 5.41) is 4.48. The SMILES string of the molecule is Cc1ccc(-n2ncc3c(=O)[nH]c(=O)[nH]c32)cc1. The third-order valence-electron chi connectivity index (χ3n) is 2.75. The molecule has 1 aromatic carbocycles. The van der Waals surface area contributed by atoms with E-state index in [0.717, 1.165) is 11.3 Å². The summed E-state index contributed by atoms with van der Waals surface area (Å²) in [7, 11) is 0. The van der Waals surface area contributed by atoms with Crippen LogP contribution in [-0.2, 0) is 0 Å². The first-order valence-corrected chi connectivity index (χ1v) is 5.42. The minimum atomic E-state index is -0.540. The number of rotatable bonds is 1. The molecular weight excluding hydrogens is 232 g/mol. The molecule has 6 nitrogen and oxygen atoms in total. The van der Waals surface area contributed by atoms with Crippen molar-refractivity contribution in [3.8, 4) is 5.69 Å². The van der Waals surface area contributed by atoms with Crippen LogP contribution < -0.4 is 11.2 Å². The summed E-state index contributed by atoms with van der Waals surface area (Å²) >= 11 is 0. The molecule has 0 aliphatic carbocycles. The minimum absolute atomic E-state index is 0.357. The molecule has 6 heteroatoms. The molecule has 0 aliphatic heterocycles. The fourth-order valence-corrected chi connectivity index (χ4v) is 1.83. The van der Waals surface area contributed by atoms with E-state index in [4.69, 9.17) is 0 Å². The number of fused-ring (bicyclic) bond motifs is 1. The molecule has 18 heavy (non-hydrogen) atoms. The van der Waals surface area contributed by atoms with E-state index in [0.29, 0.717) is 11.0 Å². The summed E-state index contributed by atoms with van der Waals surface area (Å²) in [6.07, 6.45) is 1.43. The number of benzene rings is 1. The van der Waals surface area contributed by atoms with Crippen LogP contribution in [0.4, 0.5) is 0 Å². The van der Waals surface area contributed by atoms with Gasteiger partial charge in [0, 0.05) is 0 Å². The zero-order valence-electron chi connectivity index (χ0n) is 9.60. The zero-order valence-corrected chi connectivity index (χ0v) is 9.60. The van der Waals surface area contributed by atoms with Crippen molar-refractivity contribution in [1.82, 2.24) is 19.7 Å². The lowest BCUT2D eigenvalue weighted by Gasteiger charge is -2.02. The van der Waals surface area contributed by atoms with E-state index in [2.05, 4.69) is 15.1 Å². The van der Waals surface area contributed by atoms with E-state index in [-0.39, 0.29) is 0 Å². The van der Waals surface area contributed by atoms with Gasteiger partial charge in [-0.15, -0.1) is 0 Å². The maximum Gasteiger partial charge on any atom is 0.327 e. The van der Waals surface area contributed by atoms with Gasteiger partial charge in [0.25, 0.3) is 5.56 Å². The standard InChI is InChI=1S/C12H10N4O2/c1-7-2-4-8(5-3-7)16-10-9(6-13-16)11(17)15-12(18)14-10/h2-6H,1H3,(H2,14,15,17,18). The van der Waals surface area contributed by atoms with E-state index in [9.17, 15) is 9.59 Å². The summed E-state index contributed by atoms with van der Waals surface area (Å²) in [6.45, 7) is 1.98. The Hall–Kier alpha value is -2.63. The van der Waals surface area contributed by atoms with E-state index in [1.165, 1.54) is 10.9 Å². The fourth-order valence-electron chi connectivity index (χ4n) is 1.83. The van der Waals surface area contributed by atoms with Crippen molar-refractivity contribution in [1.29, 1.82) is 0 Å². The predicted octanol–water partition coefficient (Wildman–Crippen LogP) is 0.711. The Morgan fingerprint density at radius 2 is 1.83 bits per heavy atom. The zero-order chi connectivity index (χ0) is 12.7. The average molecular weight is 242 g/mol. The van der Waals surface area contributed by atoms with Crippen LogP contribution in [-0.4, -0.2) is 19.7 Å². The Kier molecular flexibility index (Phi) is 2.16. The second-order valence-electron chi connectivity index (χ2n) is 4.06. The lowest BCUT2D eigenvalue weighted by atomic mass is 10.2. The third kappa shape index (κ3) is 1.55. The average Bonchev–Trinajstić information content (AvgIpc) is 2.74. The topological polar surface area (TPSA) is 83.5 Å². The molecule has 0 spiro atoms. The van der Waals surface area contributed by atoms with Crippen molar-refractivity contribution < 1.29 is 0 Å². The molecule has 0 bridgehead atoms. The Bertz CT molecular complexity index is 824. The van der Waals surface area contributed by atoms with Crippen LogP contribution in [0.2, 0.25) is 0 Å². The van der Waals surface area contributed by atoms with Gasteiger partial charge in [0.15, 0.2) is 5.65 Å². The summed E-state index contributed by atoms with van der Waals surface area (Å²) in [5.41, 5.74) is 1.33. The number of nitrogens with one attached hydrogen (secondary N) is 2. The van der Waals surface area contributed by atoms with Crippen LogP contribution in [0.3, 0.4) is 0 Å². The molecule has 0 saturated carbocycles. The molecule has 0 aliphatic rings. The number of aromatic nitrogens is 4. The third-order valence-corrected chi connectivity index (χ3v) is 2.75. The molecule has 0 unspecified atom stereocenters. The van der Waals surface area contributed by atoms with Crippen molar-refractivity contribution in [3.63, 3.8) is 0 Å². The molecule has 2 N–H and O–H groups in total. The Balaban J connectivity index is 2.33. The van der Waals surface area contributed by atoms with Gasteiger partial charge < -0.3 is 0 Å². The molecular formula is C12H10N4O2. The molecule has 0 saturated heterocycles. The highest BCUT2D eigenvalue weighted by molar-refractivity contribution is 5.74. The summed E-state index contributed by atoms with van der Waals surface area (Å²) < 4.78 is 1.53. The molecule has 2 heterocycles. The van der Waals surface area contributed by atoms with Crippen molar-refractivity contribution in [2.24, 2.45) is 0 Å². The minimum Gasteiger partial charge on any atom is -0.291 e. The van der Waals surface area contributed by atoms with Crippen LogP contribution in [0.1, 0.15) is 5.56 Å². The second-order valence-corrected chi connectivity index (χ2v) is 4.06. The highest BCUT2D eigenvalue weighted by Crippen LogP contribution is 2.13. The summed E-state index contributed by atoms with van der Waals surface area (Å²) in [4.78, 5) is 27.6. The summed E-state index contributed by atoms with van der Waals surface area (Å²) in [5.74, 6) is 0. The first-order valence-electron chi connectivity index (χ1n) is 5.42. The number of nitrogens with zero attached hydrogens (tertiary/aromatic N) is 2. The lowest BCUT2D eigenvalue weighted by Crippen LogP contribution is -2.22. The van der Waals surface area contributed by atoms with Gasteiger partial charge in [-0.25, -0.2) is 9.48 Å². The van der Waals surface area contributed by atoms with Crippen molar-refractivity contribution >= 4 is 11.0 Å². The lowest BCUT2D eigenvalue weighted by molar-refractivity contribution is 0.888. The Labute approximate surface area is 101 Å². The Morgan fingerprint density at radius 1 is 1.11 bits per heavy atom. The predicted molar refractivity (Wildman–Crippen MR) is 67.0 cm³/mol. The van der Waals surface area contributed by atoms with Crippen LogP contribution in [0.25, 0.3) is 16.7 Å². The number of aromatic amines is 2. The highest BCUT2D eigenvalue weighted by Gasteiger charge is 2.08. The van der Waals surface area contributed by atoms with Crippen LogP contribution in [0, 0.1) is 6.92 Å². The molecule has 0 fully saturated rings. The summed E-state index contributed by atoms with van der Waals surface area (Å²) in [6, 6.07) is 7.63. The van der Waals surface area contributed by atoms with Gasteiger partial charge in [-0.05, 0) is 19.1 Å². The largest absolute Gasteiger partial charge is 0.327 e. The van der Waals surface area contributed by atoms with Crippen LogP contribution >= 0.6 is 0 Å². The van der Waals surface area contributed by atoms with Gasteiger partial charge in [-0.1, -0.05) is 17.7 Å². The van der Waals surface area contributed by atoms with Gasteiger partial charge in [-0.3, -0.25) is 14.8 Å². The van der Waals surface area contributed by atoms with Crippen molar-refractivity contribution in [3.05, 3.63) is 56.9 Å². The second kappa shape index (κ2) is 3.69. The van der Waals surface area contributed by atoms with Gasteiger partial charge in [-0.2, -0.15) is 5.10 Å². The number of H-pyrrole nitrogens is 2. The maximum atomic E-state index is 11.6. The van der Waals surface area contributed by atoms with Crippen LogP contribution in [0.15, 0.2) is 40.1 Å². The maximum absolute atomic E-state index is 11.6. The first kappa shape index (κ1) is 10.5. The van der Waals surface area contributed by atoms with Crippen molar-refractivity contribution in [2.45, 2.75) is 6.92 Å². The Morgan fingerprint density at radius 3 is 2.56 bits per heavy atom. The quantitative estimate of drug-likeness (QED) is 0.659. The van der Waals surface area contributed by atoms with Crippen molar-refractivity contribution in [2.75, 3.05) is 0 Å².